The van der Waals surface area contributed by atoms with Crippen LogP contribution in [0.5, 0.6) is 0 Å². The number of carbonyl (C=O) groups excluding carboxylic acids is 12. The van der Waals surface area contributed by atoms with Crippen molar-refractivity contribution in [3.8, 4) is 0 Å². The molecule has 2 aromatic rings. The normalized spacial score (nSPS) is 10.6. The largest absolute Gasteiger partial charge is 0.465 e. The van der Waals surface area contributed by atoms with Crippen LogP contribution in [0.4, 0.5) is 68.0 Å². The Balaban J connectivity index is -0.000000153. The van der Waals surface area contributed by atoms with Gasteiger partial charge in [0.1, 0.15) is 0 Å². The molecule has 42 nitrogen and oxygen atoms in total. The first-order valence-corrected chi connectivity index (χ1v) is 31.3. The third-order valence-corrected chi connectivity index (χ3v) is 10.5. The van der Waals surface area contributed by atoms with Crippen LogP contribution in [0.15, 0.2) is 60.7 Å². The van der Waals surface area contributed by atoms with Crippen molar-refractivity contribution >= 4 is 94.5 Å². The molecule has 2 saturated heterocycles. The second-order valence-corrected chi connectivity index (χ2v) is 20.6. The number of hydrogen-bond donors (Lipinski definition) is 24. The zero-order valence-electron chi connectivity index (χ0n) is 60.3. The molecule has 0 bridgehead atoms. The first-order valence-electron chi connectivity index (χ1n) is 29.9. The van der Waals surface area contributed by atoms with E-state index in [0.717, 1.165) is 76.1 Å². The highest BCUT2D eigenvalue weighted by molar-refractivity contribution is 7.84. The molecule has 27 N–H and O–H groups in total. The van der Waals surface area contributed by atoms with Gasteiger partial charge in [0.25, 0.3) is 0 Å². The van der Waals surface area contributed by atoms with Gasteiger partial charge in [-0.2, -0.15) is 8.42 Å². The Labute approximate surface area is 581 Å². The number of amides is 25. The average molecular weight is 1440 g/mol. The maximum atomic E-state index is 11.0. The van der Waals surface area contributed by atoms with E-state index in [1.165, 1.54) is 44.2 Å². The lowest BCUT2D eigenvalue weighted by Crippen LogP contribution is -2.45. The zero-order chi connectivity index (χ0) is 78.4. The number of anilines is 1. The number of unbranched alkanes of at least 4 members (excludes halogenated alkanes) is 1. The molecule has 0 aliphatic carbocycles. The Morgan fingerprint density at radius 3 is 1.27 bits per heavy atom. The highest BCUT2D eigenvalue weighted by Crippen LogP contribution is 2.08. The van der Waals surface area contributed by atoms with E-state index in [1.54, 1.807) is 80.7 Å². The Bertz CT molecular complexity index is 2600. The smallest absolute Gasteiger partial charge is 0.412 e. The number of primary amides is 2. The third kappa shape index (κ3) is 89.1. The van der Waals surface area contributed by atoms with Gasteiger partial charge in [0, 0.05) is 149 Å². The van der Waals surface area contributed by atoms with Crippen LogP contribution in [-0.2, 0) is 16.8 Å². The zero-order valence-corrected chi connectivity index (χ0v) is 61.1. The number of benzene rings is 2. The van der Waals surface area contributed by atoms with Crippen molar-refractivity contribution in [2.24, 2.45) is 17.3 Å². The Morgan fingerprint density at radius 2 is 1.00 bits per heavy atom. The number of para-hydroxylation sites is 1. The monoisotopic (exact) mass is 1440 g/mol. The van der Waals surface area contributed by atoms with Crippen molar-refractivity contribution in [3.05, 3.63) is 66.2 Å². The van der Waals surface area contributed by atoms with Gasteiger partial charge < -0.3 is 116 Å². The highest BCUT2D eigenvalue weighted by Gasteiger charge is 2.14. The molecule has 4 rings (SSSR count). The molecule has 2 aliphatic heterocycles. The lowest BCUT2D eigenvalue weighted by Gasteiger charge is -2.25. The molecule has 2 aromatic carbocycles. The lowest BCUT2D eigenvalue weighted by molar-refractivity contribution is 0.188. The van der Waals surface area contributed by atoms with Gasteiger partial charge in [-0.05, 0) is 70.6 Å². The summed E-state index contributed by atoms with van der Waals surface area (Å²) in [6, 6.07) is 15.5. The second kappa shape index (κ2) is 69.8. The molecule has 0 aromatic heterocycles. The summed E-state index contributed by atoms with van der Waals surface area (Å²) < 4.78 is 28.7. The predicted octanol–water partition coefficient (Wildman–Crippen LogP) is 0.383. The fraction of sp³-hybridized carbons (Fsp3) is 0.554. The van der Waals surface area contributed by atoms with Crippen LogP contribution < -0.4 is 118 Å². The number of nitrogens with zero attached hydrogens (tertiary/aromatic N) is 3. The summed E-state index contributed by atoms with van der Waals surface area (Å²) in [7, 11) is 17.3. The number of nitrogens with one attached hydrogen (secondary N) is 19. The van der Waals surface area contributed by atoms with Crippen molar-refractivity contribution < 1.29 is 80.4 Å². The molecule has 0 atom stereocenters. The number of urea groups is 12. The minimum atomic E-state index is -4.40. The van der Waals surface area contributed by atoms with Crippen molar-refractivity contribution in [2.45, 2.75) is 78.3 Å². The molecular weight excluding hydrogens is 1330 g/mol. The van der Waals surface area contributed by atoms with Crippen LogP contribution >= 0.6 is 0 Å². The van der Waals surface area contributed by atoms with Gasteiger partial charge >= 0.3 is 88.8 Å². The van der Waals surface area contributed by atoms with Gasteiger partial charge in [0.2, 0.25) is 0 Å². The average Bonchev–Trinajstić information content (AvgIpc) is 1.09. The van der Waals surface area contributed by atoms with E-state index in [-0.39, 0.29) is 53.8 Å². The molecular formula is C56H115N25O17S. The summed E-state index contributed by atoms with van der Waals surface area (Å²) in [5, 5.41) is 48.5. The molecule has 572 valence electrons. The molecule has 0 radical (unpaired) electrons. The topological polar surface area (TPSA) is 613 Å². The minimum absolute atomic E-state index is 0.0521. The fourth-order valence-electron chi connectivity index (χ4n) is 4.98. The number of rotatable bonds is 7. The molecule has 2 heterocycles. The summed E-state index contributed by atoms with van der Waals surface area (Å²) in [6.07, 6.45) is 5.47. The molecule has 0 saturated carbocycles. The Morgan fingerprint density at radius 1 is 0.576 bits per heavy atom. The van der Waals surface area contributed by atoms with E-state index in [0.29, 0.717) is 6.54 Å². The number of nitrogens with two attached hydrogens (primary N) is 3. The number of hydrogen-bond acceptors (Lipinski definition) is 16. The minimum Gasteiger partial charge on any atom is -0.465 e. The molecule has 25 amide bonds. The van der Waals surface area contributed by atoms with E-state index in [1.807, 2.05) is 97.1 Å². The number of imide groups is 1. The molecule has 2 aliphatic rings. The maximum absolute atomic E-state index is 11.0. The summed E-state index contributed by atoms with van der Waals surface area (Å²) in [5.41, 5.74) is 12.9. The number of piperidine rings is 1. The van der Waals surface area contributed by atoms with Gasteiger partial charge in [-0.25, -0.2) is 78.2 Å². The van der Waals surface area contributed by atoms with Gasteiger partial charge in [0.05, 0.1) is 0 Å². The van der Waals surface area contributed by atoms with Crippen molar-refractivity contribution in [2.75, 3.05) is 137 Å². The van der Waals surface area contributed by atoms with E-state index < -0.39 is 40.5 Å². The summed E-state index contributed by atoms with van der Waals surface area (Å²) in [4.78, 5) is 138. The molecule has 2 fully saturated rings. The van der Waals surface area contributed by atoms with Gasteiger partial charge in [0.15, 0.2) is 0 Å². The first-order chi connectivity index (χ1) is 46.2. The van der Waals surface area contributed by atoms with Crippen LogP contribution in [0.2, 0.25) is 0 Å². The molecule has 0 spiro atoms. The molecule has 99 heavy (non-hydrogen) atoms. The third-order valence-electron chi connectivity index (χ3n) is 10.1. The van der Waals surface area contributed by atoms with E-state index in [2.05, 4.69) is 98.3 Å². The number of hydrazine groups is 1. The second-order valence-electron chi connectivity index (χ2n) is 19.5. The lowest BCUT2D eigenvalue weighted by atomic mass is 10.1. The summed E-state index contributed by atoms with van der Waals surface area (Å²) in [6.45, 7) is 12.8. The number of carboxylic acid groups (broad SMARTS) is 1. The van der Waals surface area contributed by atoms with E-state index in [4.69, 9.17) is 15.4 Å². The van der Waals surface area contributed by atoms with Crippen LogP contribution in [0, 0.1) is 0 Å². The maximum Gasteiger partial charge on any atom is 0.412 e. The SMILES string of the molecule is CCCCNC(=O)NC.CN(C)C(N)=O.CN1CCCNC1=O.CNC(=O)N1CCCCC1.CNC(=O)NC.CNC(=O)NC(=O)O.CNC(=O)NC(C)(C)C.CNC(=O)NCc1ccccc1.CNC(=O)NN.CNC(=O)NS(=O)(=O)O.CNC(=O)Nc1ccccc1.CNC(N)=O. The van der Waals surface area contributed by atoms with Crippen LogP contribution in [0.3, 0.4) is 0 Å². The highest BCUT2D eigenvalue weighted by atomic mass is 32.2. The van der Waals surface area contributed by atoms with Gasteiger partial charge in [-0.3, -0.25) is 9.98 Å². The summed E-state index contributed by atoms with van der Waals surface area (Å²) >= 11 is 0. The predicted molar refractivity (Wildman–Crippen MR) is 379 cm³/mol. The van der Waals surface area contributed by atoms with Gasteiger partial charge in [-0.15, -0.1) is 0 Å². The van der Waals surface area contributed by atoms with Crippen molar-refractivity contribution in [1.29, 1.82) is 0 Å². The van der Waals surface area contributed by atoms with Crippen LogP contribution in [-0.4, -0.2) is 248 Å². The van der Waals surface area contributed by atoms with E-state index >= 15 is 0 Å². The Hall–Kier alpha value is -11.0. The van der Waals surface area contributed by atoms with Crippen molar-refractivity contribution in [3.63, 3.8) is 0 Å². The Kier molecular flexibility index (Phi) is 73.4. The van der Waals surface area contributed by atoms with Gasteiger partial charge in [-0.1, -0.05) is 61.9 Å². The summed E-state index contributed by atoms with van der Waals surface area (Å²) in [5.74, 6) is 4.62. The van der Waals surface area contributed by atoms with E-state index in [9.17, 15) is 70.7 Å². The molecule has 43 heteroatoms. The standard InChI is InChI=1S/C9H12N2O.C8H10N2O.C7H14N2O.2C6H14N2O.C5H10N2O.C3H6N2O3.2C3H8N2O.C2H7N3O.C2H6N2O4S.C2H6N2O/c1-10-9(12)11-7-8-5-3-2-4-6-8;1-9-8(11)10-7-5-3-2-4-6-7;1-8-7(10)9-5-3-2-4-6-9;1-6(2,3)8-5(9)7-4;1-3-4-5-8-6(9)7-2;1-7-4-2-3-6-5(7)8;1-4-2(6)5-3(7)8;1-5(2)3(4)6;1-4-3(6)5-2;1-4-2(6)5-3;1-3-2(5)4-9(6,7)8;1-4-2(3)5/h2-6H,7H2,1H3,(H2,10,11,12);2-6H,1H3,(H2,9,10,11);2-6H2,1H3,(H,8,10);1-4H3,(H2,7,8,9);3-5H2,1-2H3,(H2,7,8,9);2-4H2,1H3,(H,6,8);1H3,(H,7,8)(H2,4,5,6);1-2H3,(H2,4,6);1-2H3,(H2,4,5,6);3H2,1H3,(H2,4,5,6);1H3,(H2,3,4,5)(H,6,7,8);1H3,(H3,3,4,5). The number of carbonyl (C=O) groups is 13. The number of likely N-dealkylation sites (tertiary alicyclic amines) is 1. The first kappa shape index (κ1) is 104. The van der Waals surface area contributed by atoms with Crippen LogP contribution in [0.1, 0.15) is 71.8 Å². The van der Waals surface area contributed by atoms with Crippen LogP contribution in [0.25, 0.3) is 0 Å². The van der Waals surface area contributed by atoms with Crippen molar-refractivity contribution in [1.82, 2.24) is 110 Å². The quantitative estimate of drug-likeness (QED) is 0.0586. The fourth-order valence-corrected chi connectivity index (χ4v) is 5.32. The molecule has 0 unspecified atom stereocenters.